The smallest absolute Gasteiger partial charge is 0.362 e. The molecule has 21 heavy (non-hydrogen) atoms. The summed E-state index contributed by atoms with van der Waals surface area (Å²) in [6.07, 6.45) is -5.31. The Balaban J connectivity index is 2.06. The number of nitrogens with zero attached hydrogens (tertiary/aromatic N) is 2. The zero-order chi connectivity index (χ0) is 15.4. The van der Waals surface area contributed by atoms with Crippen molar-refractivity contribution in [1.29, 1.82) is 0 Å². The van der Waals surface area contributed by atoms with Crippen molar-refractivity contribution in [3.8, 4) is 0 Å². The Morgan fingerprint density at radius 1 is 1.33 bits per heavy atom. The van der Waals surface area contributed by atoms with Crippen molar-refractivity contribution < 1.29 is 18.3 Å². The second kappa shape index (κ2) is 4.45. The lowest BCUT2D eigenvalue weighted by atomic mass is 10.0. The molecular weight excluding hydrogens is 301 g/mol. The molecular formula is C14H13F3N2OS. The van der Waals surface area contributed by atoms with Crippen molar-refractivity contribution in [2.75, 3.05) is 7.05 Å². The lowest BCUT2D eigenvalue weighted by molar-refractivity contribution is -0.303. The molecule has 0 amide bonds. The van der Waals surface area contributed by atoms with Gasteiger partial charge >= 0.3 is 6.18 Å². The van der Waals surface area contributed by atoms with Gasteiger partial charge < -0.3 is 5.11 Å². The van der Waals surface area contributed by atoms with Crippen molar-refractivity contribution in [2.24, 2.45) is 5.10 Å². The van der Waals surface area contributed by atoms with Gasteiger partial charge in [-0.3, -0.25) is 5.01 Å². The Hall–Kier alpha value is -1.60. The van der Waals surface area contributed by atoms with Crippen molar-refractivity contribution in [1.82, 2.24) is 5.01 Å². The molecule has 3 nitrogen and oxygen atoms in total. The van der Waals surface area contributed by atoms with Gasteiger partial charge in [0, 0.05) is 11.7 Å². The highest BCUT2D eigenvalue weighted by atomic mass is 32.1. The van der Waals surface area contributed by atoms with E-state index in [1.54, 1.807) is 0 Å². The van der Waals surface area contributed by atoms with Crippen LogP contribution in [0.25, 0.3) is 10.1 Å². The molecule has 0 saturated carbocycles. The number of hydrazone groups is 1. The Labute approximate surface area is 123 Å². The minimum Gasteiger partial charge on any atom is -0.362 e. The average Bonchev–Trinajstić information content (AvgIpc) is 2.89. The van der Waals surface area contributed by atoms with Crippen molar-refractivity contribution >= 4 is 27.1 Å². The molecule has 2 heterocycles. The monoisotopic (exact) mass is 314 g/mol. The maximum Gasteiger partial charge on any atom is 0.438 e. The summed E-state index contributed by atoms with van der Waals surface area (Å²) in [4.78, 5) is 0.697. The zero-order valence-electron chi connectivity index (χ0n) is 11.4. The molecule has 1 aromatic carbocycles. The lowest BCUT2D eigenvalue weighted by Gasteiger charge is -2.31. The molecule has 0 unspecified atom stereocenters. The Bertz CT molecular complexity index is 737. The maximum absolute atomic E-state index is 13.0. The lowest BCUT2D eigenvalue weighted by Crippen LogP contribution is -2.53. The topological polar surface area (TPSA) is 35.8 Å². The van der Waals surface area contributed by atoms with Gasteiger partial charge in [0.1, 0.15) is 0 Å². The number of aryl methyl sites for hydroxylation is 1. The van der Waals surface area contributed by atoms with E-state index < -0.39 is 18.3 Å². The summed E-state index contributed by atoms with van der Waals surface area (Å²) in [6, 6.07) is 7.63. The summed E-state index contributed by atoms with van der Waals surface area (Å²) in [5.74, 6) is 0. The number of hydrogen-bond donors (Lipinski definition) is 1. The van der Waals surface area contributed by atoms with E-state index in [0.29, 0.717) is 9.89 Å². The number of thiophene rings is 1. The minimum atomic E-state index is -4.75. The predicted molar refractivity (Wildman–Crippen MR) is 76.5 cm³/mol. The van der Waals surface area contributed by atoms with Crippen LogP contribution >= 0.6 is 11.3 Å². The van der Waals surface area contributed by atoms with Crippen LogP contribution in [0.4, 0.5) is 13.2 Å². The molecule has 1 aliphatic rings. The first-order valence-corrected chi connectivity index (χ1v) is 7.14. The number of alkyl halides is 3. The molecule has 0 aliphatic carbocycles. The Morgan fingerprint density at radius 2 is 2.00 bits per heavy atom. The molecule has 7 heteroatoms. The largest absolute Gasteiger partial charge is 0.438 e. The summed E-state index contributed by atoms with van der Waals surface area (Å²) in [5.41, 5.74) is -1.75. The number of rotatable bonds is 1. The van der Waals surface area contributed by atoms with Crippen LogP contribution in [0.1, 0.15) is 16.9 Å². The summed E-state index contributed by atoms with van der Waals surface area (Å²) < 4.78 is 40.1. The average molecular weight is 314 g/mol. The highest BCUT2D eigenvalue weighted by Gasteiger charge is 2.60. The summed E-state index contributed by atoms with van der Waals surface area (Å²) in [7, 11) is 1.14. The molecule has 0 bridgehead atoms. The third kappa shape index (κ3) is 2.03. The standard InChI is InChI=1S/C14H13F3N2OS/c1-8-9-5-3-4-6-11(9)21-12(8)10-7-13(20,14(15,16)17)19(2)18-10/h3-6,20H,7H2,1-2H3/t13-/m0/s1. The van der Waals surface area contributed by atoms with Crippen molar-refractivity contribution in [2.45, 2.75) is 25.2 Å². The van der Waals surface area contributed by atoms with Gasteiger partial charge in [-0.1, -0.05) is 18.2 Å². The second-order valence-corrected chi connectivity index (χ2v) is 6.17. The van der Waals surface area contributed by atoms with Crippen LogP contribution in [0, 0.1) is 6.92 Å². The molecule has 1 aliphatic heterocycles. The van der Waals surface area contributed by atoms with E-state index in [9.17, 15) is 18.3 Å². The van der Waals surface area contributed by atoms with Gasteiger partial charge in [0.15, 0.2) is 0 Å². The van der Waals surface area contributed by atoms with Crippen molar-refractivity contribution in [3.05, 3.63) is 34.7 Å². The number of benzene rings is 1. The second-order valence-electron chi connectivity index (χ2n) is 5.11. The van der Waals surface area contributed by atoms with Gasteiger partial charge in [-0.25, -0.2) is 0 Å². The van der Waals surface area contributed by atoms with E-state index in [0.717, 1.165) is 22.7 Å². The number of halogens is 3. The Kier molecular flexibility index (Phi) is 3.04. The van der Waals surface area contributed by atoms with Gasteiger partial charge in [0.25, 0.3) is 5.72 Å². The van der Waals surface area contributed by atoms with Gasteiger partial charge in [0.05, 0.1) is 17.0 Å². The number of aliphatic hydroxyl groups is 1. The van der Waals surface area contributed by atoms with E-state index >= 15 is 0 Å². The molecule has 1 aromatic heterocycles. The van der Waals surface area contributed by atoms with E-state index in [4.69, 9.17) is 0 Å². The predicted octanol–water partition coefficient (Wildman–Crippen LogP) is 3.50. The van der Waals surface area contributed by atoms with Crippen molar-refractivity contribution in [3.63, 3.8) is 0 Å². The highest BCUT2D eigenvalue weighted by molar-refractivity contribution is 7.21. The molecule has 2 aromatic rings. The summed E-state index contributed by atoms with van der Waals surface area (Å²) in [6.45, 7) is 1.86. The van der Waals surface area contributed by atoms with Crippen LogP contribution < -0.4 is 0 Å². The molecule has 0 saturated heterocycles. The van der Waals surface area contributed by atoms with Crippen LogP contribution in [0.15, 0.2) is 29.4 Å². The van der Waals surface area contributed by atoms with Gasteiger partial charge in [-0.15, -0.1) is 11.3 Å². The van der Waals surface area contributed by atoms with E-state index in [1.165, 1.54) is 11.3 Å². The van der Waals surface area contributed by atoms with Gasteiger partial charge in [-0.05, 0) is 23.9 Å². The third-order valence-corrected chi connectivity index (χ3v) is 5.10. The van der Waals surface area contributed by atoms with Gasteiger partial charge in [-0.2, -0.15) is 18.3 Å². The van der Waals surface area contributed by atoms with Crippen LogP contribution in [0.2, 0.25) is 0 Å². The number of hydrogen-bond acceptors (Lipinski definition) is 4. The molecule has 1 N–H and O–H groups in total. The molecule has 1 atom stereocenters. The zero-order valence-corrected chi connectivity index (χ0v) is 12.2. The highest BCUT2D eigenvalue weighted by Crippen LogP contribution is 2.42. The molecule has 0 spiro atoms. The fraction of sp³-hybridized carbons (Fsp3) is 0.357. The first kappa shape index (κ1) is 14.3. The van der Waals surface area contributed by atoms with Crippen LogP contribution in [-0.4, -0.2) is 34.8 Å². The first-order valence-electron chi connectivity index (χ1n) is 6.33. The van der Waals surface area contributed by atoms with Gasteiger partial charge in [0.2, 0.25) is 0 Å². The van der Waals surface area contributed by atoms with E-state index in [1.807, 2.05) is 31.2 Å². The van der Waals surface area contributed by atoms with Crippen LogP contribution in [-0.2, 0) is 0 Å². The van der Waals surface area contributed by atoms with E-state index in [-0.39, 0.29) is 5.71 Å². The fourth-order valence-corrected chi connectivity index (χ4v) is 3.70. The molecule has 0 fully saturated rings. The first-order chi connectivity index (χ1) is 9.74. The normalized spacial score (nSPS) is 23.0. The van der Waals surface area contributed by atoms with Crippen LogP contribution in [0.3, 0.4) is 0 Å². The maximum atomic E-state index is 13.0. The molecule has 0 radical (unpaired) electrons. The van der Waals surface area contributed by atoms with Crippen LogP contribution in [0.5, 0.6) is 0 Å². The minimum absolute atomic E-state index is 0.274. The quantitative estimate of drug-likeness (QED) is 0.874. The third-order valence-electron chi connectivity index (χ3n) is 3.78. The fourth-order valence-electron chi connectivity index (χ4n) is 2.51. The molecule has 112 valence electrons. The Morgan fingerprint density at radius 3 is 2.57 bits per heavy atom. The SMILES string of the molecule is Cc1c(C2=NN(C)[C@@](O)(C(F)(F)F)C2)sc2ccccc12. The number of fused-ring (bicyclic) bond motifs is 1. The summed E-state index contributed by atoms with van der Waals surface area (Å²) >= 11 is 1.40. The summed E-state index contributed by atoms with van der Waals surface area (Å²) in [5, 5.41) is 15.4. The van der Waals surface area contributed by atoms with E-state index in [2.05, 4.69) is 5.10 Å². The molecule has 3 rings (SSSR count).